The number of carbonyl (C=O) groups excluding carboxylic acids is 1. The minimum atomic E-state index is -4.75. The average Bonchev–Trinajstić information content (AvgIpc) is 3.32. The number of halogens is 3. The van der Waals surface area contributed by atoms with Crippen molar-refractivity contribution in [3.05, 3.63) is 30.1 Å². The van der Waals surface area contributed by atoms with E-state index in [1.165, 1.54) is 49.6 Å². The second-order valence-electron chi connectivity index (χ2n) is 7.08. The summed E-state index contributed by atoms with van der Waals surface area (Å²) in [6.45, 7) is 1.72. The van der Waals surface area contributed by atoms with Gasteiger partial charge in [-0.15, -0.1) is 18.3 Å². The summed E-state index contributed by atoms with van der Waals surface area (Å²) in [5, 5.41) is 9.78. The zero-order chi connectivity index (χ0) is 20.9. The summed E-state index contributed by atoms with van der Waals surface area (Å²) in [6, 6.07) is 4.99. The van der Waals surface area contributed by atoms with Crippen LogP contribution in [0, 0.1) is 5.92 Å². The molecule has 1 aliphatic rings. The number of H-pyrrole nitrogens is 1. The number of hydrogen-bond donors (Lipinski definition) is 2. The molecular formula is C19H23F3N4O2S. The van der Waals surface area contributed by atoms with Crippen LogP contribution in [0.2, 0.25) is 0 Å². The fourth-order valence-corrected chi connectivity index (χ4v) is 4.02. The lowest BCUT2D eigenvalue weighted by atomic mass is 10.0. The summed E-state index contributed by atoms with van der Waals surface area (Å²) in [4.78, 5) is 16.8. The van der Waals surface area contributed by atoms with Crippen molar-refractivity contribution in [3.63, 3.8) is 0 Å². The van der Waals surface area contributed by atoms with E-state index < -0.39 is 11.6 Å². The third-order valence-corrected chi connectivity index (χ3v) is 5.74. The maximum atomic E-state index is 12.3. The molecule has 0 radical (unpaired) electrons. The molecule has 1 aromatic carbocycles. The van der Waals surface area contributed by atoms with Gasteiger partial charge in [0.05, 0.1) is 5.25 Å². The Hall–Kier alpha value is -2.23. The number of benzene rings is 1. The molecule has 0 saturated heterocycles. The largest absolute Gasteiger partial charge is 0.573 e. The van der Waals surface area contributed by atoms with E-state index in [2.05, 4.69) is 25.2 Å². The number of anilines is 1. The van der Waals surface area contributed by atoms with E-state index in [0.29, 0.717) is 10.8 Å². The van der Waals surface area contributed by atoms with Crippen LogP contribution in [0.4, 0.5) is 18.9 Å². The van der Waals surface area contributed by atoms with Gasteiger partial charge in [-0.05, 0) is 43.5 Å². The van der Waals surface area contributed by atoms with Gasteiger partial charge >= 0.3 is 6.36 Å². The molecule has 1 aromatic heterocycles. The molecule has 3 rings (SSSR count). The molecule has 1 fully saturated rings. The Kier molecular flexibility index (Phi) is 7.05. The molecule has 6 nitrogen and oxygen atoms in total. The van der Waals surface area contributed by atoms with Crippen molar-refractivity contribution in [2.24, 2.45) is 5.92 Å². The van der Waals surface area contributed by atoms with Crippen molar-refractivity contribution >= 4 is 23.4 Å². The van der Waals surface area contributed by atoms with Gasteiger partial charge in [0.2, 0.25) is 11.1 Å². The van der Waals surface area contributed by atoms with Crippen molar-refractivity contribution in [2.45, 2.75) is 62.2 Å². The van der Waals surface area contributed by atoms with Gasteiger partial charge in [-0.1, -0.05) is 37.4 Å². The Morgan fingerprint density at radius 1 is 1.31 bits per heavy atom. The van der Waals surface area contributed by atoms with Gasteiger partial charge in [-0.25, -0.2) is 4.98 Å². The van der Waals surface area contributed by atoms with Crippen molar-refractivity contribution in [2.75, 3.05) is 5.32 Å². The SMILES string of the molecule is CC(Sc1n[nH]c(CCC2CCCC2)n1)C(=O)Nc1ccc(OC(F)(F)F)cc1. The number of amides is 1. The monoisotopic (exact) mass is 428 g/mol. The number of thioether (sulfide) groups is 1. The van der Waals surface area contributed by atoms with Gasteiger partial charge in [0.1, 0.15) is 11.6 Å². The molecule has 158 valence electrons. The maximum Gasteiger partial charge on any atom is 0.573 e. The molecule has 29 heavy (non-hydrogen) atoms. The first-order chi connectivity index (χ1) is 13.8. The van der Waals surface area contributed by atoms with Crippen LogP contribution in [-0.4, -0.2) is 32.7 Å². The van der Waals surface area contributed by atoms with E-state index in [-0.39, 0.29) is 11.7 Å². The molecule has 1 amide bonds. The van der Waals surface area contributed by atoms with Crippen molar-refractivity contribution in [3.8, 4) is 5.75 Å². The van der Waals surface area contributed by atoms with Crippen LogP contribution in [0.3, 0.4) is 0 Å². The molecule has 0 spiro atoms. The summed E-state index contributed by atoms with van der Waals surface area (Å²) in [7, 11) is 0. The van der Waals surface area contributed by atoms with Crippen LogP contribution < -0.4 is 10.1 Å². The number of nitrogens with one attached hydrogen (secondary N) is 2. The summed E-state index contributed by atoms with van der Waals surface area (Å²) in [6.07, 6.45) is 2.41. The second-order valence-corrected chi connectivity index (χ2v) is 8.38. The fraction of sp³-hybridized carbons (Fsp3) is 0.526. The van der Waals surface area contributed by atoms with Gasteiger partial charge in [0, 0.05) is 12.1 Å². The van der Waals surface area contributed by atoms with Crippen LogP contribution in [0.1, 0.15) is 44.9 Å². The van der Waals surface area contributed by atoms with E-state index >= 15 is 0 Å². The van der Waals surface area contributed by atoms with Crippen molar-refractivity contribution in [1.29, 1.82) is 0 Å². The molecule has 1 saturated carbocycles. The molecule has 1 heterocycles. The molecule has 1 atom stereocenters. The van der Waals surface area contributed by atoms with Gasteiger partial charge in [0.25, 0.3) is 0 Å². The number of aromatic nitrogens is 3. The third-order valence-electron chi connectivity index (χ3n) is 4.78. The quantitative estimate of drug-likeness (QED) is 0.582. The normalized spacial score (nSPS) is 16.0. The third kappa shape index (κ3) is 6.95. The number of rotatable bonds is 8. The highest BCUT2D eigenvalue weighted by atomic mass is 32.2. The van der Waals surface area contributed by atoms with Crippen LogP contribution in [0.5, 0.6) is 5.75 Å². The summed E-state index contributed by atoms with van der Waals surface area (Å²) in [5.74, 6) is 0.960. The molecule has 2 N–H and O–H groups in total. The minimum Gasteiger partial charge on any atom is -0.406 e. The number of aromatic amines is 1. The number of alkyl halides is 3. The summed E-state index contributed by atoms with van der Waals surface area (Å²) >= 11 is 1.22. The average molecular weight is 428 g/mol. The number of ether oxygens (including phenoxy) is 1. The zero-order valence-corrected chi connectivity index (χ0v) is 16.8. The topological polar surface area (TPSA) is 79.9 Å². The lowest BCUT2D eigenvalue weighted by Gasteiger charge is -2.12. The smallest absolute Gasteiger partial charge is 0.406 e. The van der Waals surface area contributed by atoms with Crippen LogP contribution >= 0.6 is 11.8 Å². The van der Waals surface area contributed by atoms with E-state index in [4.69, 9.17) is 0 Å². The number of aryl methyl sites for hydroxylation is 1. The number of carbonyl (C=O) groups is 1. The fourth-order valence-electron chi connectivity index (χ4n) is 3.28. The number of hydrogen-bond acceptors (Lipinski definition) is 5. The second kappa shape index (κ2) is 9.51. The van der Waals surface area contributed by atoms with Crippen molar-refractivity contribution in [1.82, 2.24) is 15.2 Å². The van der Waals surface area contributed by atoms with Crippen LogP contribution in [0.25, 0.3) is 0 Å². The van der Waals surface area contributed by atoms with Gasteiger partial charge < -0.3 is 10.1 Å². The molecule has 0 aliphatic heterocycles. The maximum absolute atomic E-state index is 12.3. The van der Waals surface area contributed by atoms with E-state index in [0.717, 1.165) is 36.7 Å². The lowest BCUT2D eigenvalue weighted by molar-refractivity contribution is -0.274. The van der Waals surface area contributed by atoms with Gasteiger partial charge in [0.15, 0.2) is 0 Å². The highest BCUT2D eigenvalue weighted by Gasteiger charge is 2.31. The molecule has 1 unspecified atom stereocenters. The summed E-state index contributed by atoms with van der Waals surface area (Å²) < 4.78 is 40.4. The Labute approximate surface area is 171 Å². The molecular weight excluding hydrogens is 405 g/mol. The first kappa shape index (κ1) is 21.5. The lowest BCUT2D eigenvalue weighted by Crippen LogP contribution is -2.22. The Morgan fingerprint density at radius 3 is 2.66 bits per heavy atom. The Balaban J connectivity index is 1.46. The van der Waals surface area contributed by atoms with Crippen molar-refractivity contribution < 1.29 is 22.7 Å². The molecule has 10 heteroatoms. The van der Waals surface area contributed by atoms with Gasteiger partial charge in [-0.3, -0.25) is 9.89 Å². The van der Waals surface area contributed by atoms with E-state index in [1.54, 1.807) is 6.92 Å². The number of nitrogens with zero attached hydrogens (tertiary/aromatic N) is 2. The predicted octanol–water partition coefficient (Wildman–Crippen LogP) is 4.95. The Bertz CT molecular complexity index is 805. The van der Waals surface area contributed by atoms with Crippen LogP contribution in [-0.2, 0) is 11.2 Å². The summed E-state index contributed by atoms with van der Waals surface area (Å²) in [5.41, 5.74) is 0.379. The first-order valence-corrected chi connectivity index (χ1v) is 10.4. The molecule has 1 aliphatic carbocycles. The first-order valence-electron chi connectivity index (χ1n) is 9.53. The molecule has 2 aromatic rings. The zero-order valence-electron chi connectivity index (χ0n) is 16.0. The standard InChI is InChI=1S/C19H23F3N4O2S/c1-12(17(27)23-14-7-9-15(10-8-14)28-19(20,21)22)29-18-24-16(25-26-18)11-6-13-4-2-3-5-13/h7-10,12-13H,2-6,11H2,1H3,(H,23,27)(H,24,25,26). The molecule has 0 bridgehead atoms. The van der Waals surface area contributed by atoms with Crippen LogP contribution in [0.15, 0.2) is 29.4 Å². The van der Waals surface area contributed by atoms with Gasteiger partial charge in [-0.2, -0.15) is 0 Å². The highest BCUT2D eigenvalue weighted by molar-refractivity contribution is 8.00. The minimum absolute atomic E-state index is 0.295. The van der Waals surface area contributed by atoms with E-state index in [9.17, 15) is 18.0 Å². The predicted molar refractivity (Wildman–Crippen MR) is 104 cm³/mol. The highest BCUT2D eigenvalue weighted by Crippen LogP contribution is 2.29. The Morgan fingerprint density at radius 2 is 2.00 bits per heavy atom. The van der Waals surface area contributed by atoms with E-state index in [1.807, 2.05) is 0 Å².